The Morgan fingerprint density at radius 1 is 0.849 bits per heavy atom. The highest BCUT2D eigenvalue weighted by atomic mass is 19.4. The summed E-state index contributed by atoms with van der Waals surface area (Å²) in [5.41, 5.74) is -3.76. The van der Waals surface area contributed by atoms with E-state index in [9.17, 15) is 44.3 Å². The van der Waals surface area contributed by atoms with Crippen molar-refractivity contribution in [2.75, 3.05) is 22.9 Å². The van der Waals surface area contributed by atoms with Gasteiger partial charge in [0.25, 0.3) is 5.95 Å². The van der Waals surface area contributed by atoms with Gasteiger partial charge in [-0.05, 0) is 97.1 Å². The molecule has 16 heteroatoms. The molecule has 1 aromatic heterocycles. The SMILES string of the molecule is CC1CCC[C@@H](CC(=O)O)CC1.CCCCN(CC)c1cc(C)c(C(F)(F)F)cc1CN(Cc1cc(C(F)(F)F)cc(C(F)(F)F)c1)c1noc(C)n1. The van der Waals surface area contributed by atoms with E-state index in [2.05, 4.69) is 17.1 Å². The van der Waals surface area contributed by atoms with Gasteiger partial charge >= 0.3 is 24.5 Å². The molecule has 0 spiro atoms. The molecule has 1 aliphatic carbocycles. The van der Waals surface area contributed by atoms with Gasteiger partial charge in [0.2, 0.25) is 5.89 Å². The van der Waals surface area contributed by atoms with Crippen LogP contribution in [0.15, 0.2) is 34.9 Å². The molecule has 296 valence electrons. The van der Waals surface area contributed by atoms with Gasteiger partial charge in [-0.3, -0.25) is 4.79 Å². The second-order valence-corrected chi connectivity index (χ2v) is 13.7. The molecule has 3 aromatic rings. The number of aromatic nitrogens is 2. The molecular formula is C37H47F9N4O3. The third-order valence-electron chi connectivity index (χ3n) is 9.26. The minimum Gasteiger partial charge on any atom is -0.481 e. The predicted molar refractivity (Wildman–Crippen MR) is 182 cm³/mol. The van der Waals surface area contributed by atoms with E-state index in [1.54, 1.807) is 0 Å². The summed E-state index contributed by atoms with van der Waals surface area (Å²) in [5, 5.41) is 12.4. The van der Waals surface area contributed by atoms with Gasteiger partial charge in [0, 0.05) is 45.2 Å². The van der Waals surface area contributed by atoms with Crippen LogP contribution < -0.4 is 9.80 Å². The molecule has 0 amide bonds. The number of hydrogen-bond donors (Lipinski definition) is 1. The Morgan fingerprint density at radius 3 is 2.00 bits per heavy atom. The molecule has 2 atom stereocenters. The van der Waals surface area contributed by atoms with Crippen LogP contribution in [0.1, 0.15) is 111 Å². The molecule has 0 saturated heterocycles. The molecule has 1 saturated carbocycles. The van der Waals surface area contributed by atoms with Crippen LogP contribution in [-0.4, -0.2) is 34.3 Å². The maximum absolute atomic E-state index is 13.9. The molecule has 1 aliphatic rings. The van der Waals surface area contributed by atoms with Crippen molar-refractivity contribution in [1.29, 1.82) is 0 Å². The number of benzene rings is 2. The maximum Gasteiger partial charge on any atom is 0.416 e. The van der Waals surface area contributed by atoms with Gasteiger partial charge in [-0.25, -0.2) is 0 Å². The highest BCUT2D eigenvalue weighted by Crippen LogP contribution is 2.39. The van der Waals surface area contributed by atoms with Crippen LogP contribution in [0.25, 0.3) is 0 Å². The number of carbonyl (C=O) groups is 1. The van der Waals surface area contributed by atoms with Gasteiger partial charge in [0.1, 0.15) is 0 Å². The first-order valence-corrected chi connectivity index (χ1v) is 17.6. The van der Waals surface area contributed by atoms with Crippen molar-refractivity contribution < 1.29 is 53.9 Å². The summed E-state index contributed by atoms with van der Waals surface area (Å²) in [7, 11) is 0. The second-order valence-electron chi connectivity index (χ2n) is 13.7. The van der Waals surface area contributed by atoms with E-state index in [1.807, 2.05) is 18.7 Å². The lowest BCUT2D eigenvalue weighted by Crippen LogP contribution is -2.29. The summed E-state index contributed by atoms with van der Waals surface area (Å²) in [6, 6.07) is 3.47. The van der Waals surface area contributed by atoms with Crippen molar-refractivity contribution in [3.05, 3.63) is 69.6 Å². The van der Waals surface area contributed by atoms with Crippen molar-refractivity contribution in [1.82, 2.24) is 10.1 Å². The molecule has 1 N–H and O–H groups in total. The smallest absolute Gasteiger partial charge is 0.416 e. The molecular weight excluding hydrogens is 719 g/mol. The van der Waals surface area contributed by atoms with E-state index in [1.165, 1.54) is 44.1 Å². The molecule has 2 aromatic carbocycles. The Balaban J connectivity index is 0.000000533. The first kappa shape index (κ1) is 43.4. The van der Waals surface area contributed by atoms with E-state index in [-0.39, 0.29) is 35.6 Å². The number of halogens is 9. The van der Waals surface area contributed by atoms with Crippen LogP contribution in [0.2, 0.25) is 0 Å². The molecule has 0 radical (unpaired) electrons. The Labute approximate surface area is 303 Å². The van der Waals surface area contributed by atoms with Crippen molar-refractivity contribution in [2.45, 2.75) is 118 Å². The Kier molecular flexibility index (Phi) is 15.1. The number of unbranched alkanes of at least 4 members (excludes halogenated alkanes) is 1. The molecule has 1 unspecified atom stereocenters. The number of carboxylic acids is 1. The first-order valence-electron chi connectivity index (χ1n) is 17.6. The normalized spacial score (nSPS) is 16.8. The standard InChI is InChI=1S/C27H29F9N4O.C10H18O2/c1-5-7-8-39(6-2)23-9-16(3)22(27(34,35)36)12-19(23)15-40(24-37-17(4)41-38-24)14-18-10-20(25(28,29)30)13-21(11-18)26(31,32)33;1-8-3-2-4-9(6-5-8)7-10(11)12/h9-13H,5-8,14-15H2,1-4H3;8-9H,2-7H2,1H3,(H,11,12)/t;8?,9-/m.1/s1. The molecule has 0 bridgehead atoms. The van der Waals surface area contributed by atoms with Crippen LogP contribution in [-0.2, 0) is 36.4 Å². The summed E-state index contributed by atoms with van der Waals surface area (Å²) in [6.45, 7) is 8.82. The van der Waals surface area contributed by atoms with Crippen molar-refractivity contribution >= 4 is 17.6 Å². The van der Waals surface area contributed by atoms with Crippen LogP contribution in [0.4, 0.5) is 51.1 Å². The molecule has 1 heterocycles. The average Bonchev–Trinajstić information content (AvgIpc) is 3.38. The van der Waals surface area contributed by atoms with Crippen molar-refractivity contribution in [3.63, 3.8) is 0 Å². The fourth-order valence-electron chi connectivity index (χ4n) is 6.43. The number of carboxylic acid groups (broad SMARTS) is 1. The molecule has 0 aliphatic heterocycles. The number of alkyl halides is 9. The number of anilines is 2. The monoisotopic (exact) mass is 766 g/mol. The molecule has 1 fully saturated rings. The minimum absolute atomic E-state index is 0.00683. The molecule has 7 nitrogen and oxygen atoms in total. The van der Waals surface area contributed by atoms with Gasteiger partial charge in [0.05, 0.1) is 16.7 Å². The van der Waals surface area contributed by atoms with E-state index < -0.39 is 53.3 Å². The Morgan fingerprint density at radius 2 is 1.49 bits per heavy atom. The lowest BCUT2D eigenvalue weighted by molar-refractivity contribution is -0.143. The van der Waals surface area contributed by atoms with Gasteiger partial charge in [-0.1, -0.05) is 39.5 Å². The van der Waals surface area contributed by atoms with Gasteiger partial charge in [-0.2, -0.15) is 44.5 Å². The van der Waals surface area contributed by atoms with Crippen LogP contribution in [0.3, 0.4) is 0 Å². The lowest BCUT2D eigenvalue weighted by Gasteiger charge is -2.30. The summed E-state index contributed by atoms with van der Waals surface area (Å²) in [4.78, 5) is 17.6. The molecule has 53 heavy (non-hydrogen) atoms. The number of hydrogen-bond acceptors (Lipinski definition) is 6. The average molecular weight is 767 g/mol. The predicted octanol–water partition coefficient (Wildman–Crippen LogP) is 11.3. The summed E-state index contributed by atoms with van der Waals surface area (Å²) < 4.78 is 128. The van der Waals surface area contributed by atoms with Gasteiger partial charge < -0.3 is 19.4 Å². The second kappa shape index (κ2) is 18.4. The van der Waals surface area contributed by atoms with Crippen LogP contribution in [0.5, 0.6) is 0 Å². The number of aliphatic carboxylic acids is 1. The van der Waals surface area contributed by atoms with Gasteiger partial charge in [0.15, 0.2) is 0 Å². The fraction of sp³-hybridized carbons (Fsp3) is 0.595. The van der Waals surface area contributed by atoms with Crippen molar-refractivity contribution in [3.8, 4) is 0 Å². The highest BCUT2D eigenvalue weighted by Gasteiger charge is 2.38. The third kappa shape index (κ3) is 13.1. The Hall–Kier alpha value is -3.98. The van der Waals surface area contributed by atoms with E-state index in [0.717, 1.165) is 37.7 Å². The molecule has 4 rings (SSSR count). The van der Waals surface area contributed by atoms with Crippen LogP contribution in [0, 0.1) is 25.7 Å². The fourth-order valence-corrected chi connectivity index (χ4v) is 6.43. The summed E-state index contributed by atoms with van der Waals surface area (Å²) >= 11 is 0. The Bertz CT molecular complexity index is 1600. The highest BCUT2D eigenvalue weighted by molar-refractivity contribution is 5.67. The van der Waals surface area contributed by atoms with Gasteiger partial charge in [-0.15, -0.1) is 0 Å². The van der Waals surface area contributed by atoms with Crippen molar-refractivity contribution in [2.24, 2.45) is 11.8 Å². The zero-order valence-electron chi connectivity index (χ0n) is 30.5. The number of aryl methyl sites for hydroxylation is 2. The topological polar surface area (TPSA) is 82.7 Å². The number of rotatable bonds is 12. The van der Waals surface area contributed by atoms with E-state index in [0.29, 0.717) is 43.2 Å². The summed E-state index contributed by atoms with van der Waals surface area (Å²) in [5.74, 6) is 0.472. The van der Waals surface area contributed by atoms with E-state index in [4.69, 9.17) is 9.63 Å². The maximum atomic E-state index is 13.9. The van der Waals surface area contributed by atoms with Crippen LogP contribution >= 0.6 is 0 Å². The zero-order chi connectivity index (χ0) is 39.7. The van der Waals surface area contributed by atoms with E-state index >= 15 is 0 Å². The zero-order valence-corrected chi connectivity index (χ0v) is 30.5. The third-order valence-corrected chi connectivity index (χ3v) is 9.26. The quantitative estimate of drug-likeness (QED) is 0.145. The largest absolute Gasteiger partial charge is 0.481 e. The number of nitrogens with zero attached hydrogens (tertiary/aromatic N) is 4. The minimum atomic E-state index is -5.07. The first-order chi connectivity index (χ1) is 24.6. The lowest BCUT2D eigenvalue weighted by atomic mass is 9.96. The summed E-state index contributed by atoms with van der Waals surface area (Å²) in [6.07, 6.45) is -6.94.